The Morgan fingerprint density at radius 1 is 1.20 bits per heavy atom. The zero-order chi connectivity index (χ0) is 26.0. The van der Waals surface area contributed by atoms with Gasteiger partial charge in [-0.05, 0) is 44.1 Å². The standard InChI is InChI=1S/C27H39NO7/c1-17-14-18(2)27(35-25(32)13-8-6-5-7-12-22(34-4)26(17)33)19(3)21(29)11-9-10-20-15-23(30)28-24(31)16-20/h7-8,12-14,17,19-20,22,26-27,33H,5-6,9-11,15-16H2,1-4H3,(H,28,30,31)/b12-7+,13-8+,18-14-/t17-,19-,22-,26+,27-/m0/s1. The molecule has 0 aliphatic carbocycles. The molecular formula is C27H39NO7. The number of nitrogens with one attached hydrogen (secondary N) is 1. The van der Waals surface area contributed by atoms with Crippen LogP contribution in [0.4, 0.5) is 0 Å². The summed E-state index contributed by atoms with van der Waals surface area (Å²) in [7, 11) is 1.55. The molecule has 1 saturated heterocycles. The highest BCUT2D eigenvalue weighted by atomic mass is 16.5. The maximum atomic E-state index is 13.0. The van der Waals surface area contributed by atoms with Crippen molar-refractivity contribution in [2.45, 2.75) is 84.0 Å². The third kappa shape index (κ3) is 9.18. The van der Waals surface area contributed by atoms with Crippen LogP contribution in [-0.2, 0) is 28.7 Å². The number of ketones is 1. The van der Waals surface area contributed by atoms with E-state index in [2.05, 4.69) is 5.32 Å². The van der Waals surface area contributed by atoms with E-state index in [-0.39, 0.29) is 35.9 Å². The predicted octanol–water partition coefficient (Wildman–Crippen LogP) is 3.19. The first-order valence-electron chi connectivity index (χ1n) is 12.4. The second-order valence-corrected chi connectivity index (χ2v) is 9.62. The van der Waals surface area contributed by atoms with Crippen molar-refractivity contribution in [3.63, 3.8) is 0 Å². The lowest BCUT2D eigenvalue weighted by Gasteiger charge is -2.27. The number of ether oxygens (including phenoxy) is 2. The first-order chi connectivity index (χ1) is 16.6. The number of allylic oxidation sites excluding steroid dienone is 2. The van der Waals surface area contributed by atoms with Crippen LogP contribution in [0.3, 0.4) is 0 Å². The summed E-state index contributed by atoms with van der Waals surface area (Å²) in [6.45, 7) is 5.39. The van der Waals surface area contributed by atoms with Crippen LogP contribution in [0.5, 0.6) is 0 Å². The van der Waals surface area contributed by atoms with Gasteiger partial charge in [-0.25, -0.2) is 4.79 Å². The van der Waals surface area contributed by atoms with Gasteiger partial charge >= 0.3 is 5.97 Å². The van der Waals surface area contributed by atoms with Gasteiger partial charge in [0, 0.05) is 38.4 Å². The lowest BCUT2D eigenvalue weighted by molar-refractivity contribution is -0.145. The van der Waals surface area contributed by atoms with Crippen molar-refractivity contribution in [2.75, 3.05) is 7.11 Å². The molecule has 35 heavy (non-hydrogen) atoms. The largest absolute Gasteiger partial charge is 0.454 e. The number of rotatable bonds is 7. The second kappa shape index (κ2) is 14.1. The monoisotopic (exact) mass is 489 g/mol. The molecule has 0 aromatic rings. The smallest absolute Gasteiger partial charge is 0.331 e. The molecule has 0 radical (unpaired) electrons. The molecule has 2 heterocycles. The summed E-state index contributed by atoms with van der Waals surface area (Å²) in [6.07, 6.45) is 9.96. The van der Waals surface area contributed by atoms with Gasteiger partial charge < -0.3 is 14.6 Å². The van der Waals surface area contributed by atoms with Gasteiger partial charge in [-0.2, -0.15) is 0 Å². The summed E-state index contributed by atoms with van der Waals surface area (Å²) >= 11 is 0. The average molecular weight is 490 g/mol. The molecule has 2 rings (SSSR count). The molecule has 2 amide bonds. The summed E-state index contributed by atoms with van der Waals surface area (Å²) in [5.74, 6) is -2.06. The molecule has 0 saturated carbocycles. The molecule has 2 aliphatic rings. The van der Waals surface area contributed by atoms with Crippen molar-refractivity contribution >= 4 is 23.6 Å². The summed E-state index contributed by atoms with van der Waals surface area (Å²) in [4.78, 5) is 48.6. The number of hydrogen-bond acceptors (Lipinski definition) is 7. The number of esters is 1. The van der Waals surface area contributed by atoms with E-state index in [0.29, 0.717) is 44.1 Å². The molecule has 1 fully saturated rings. The predicted molar refractivity (Wildman–Crippen MR) is 131 cm³/mol. The van der Waals surface area contributed by atoms with Gasteiger partial charge in [0.1, 0.15) is 18.0 Å². The highest BCUT2D eigenvalue weighted by Gasteiger charge is 2.31. The van der Waals surface area contributed by atoms with E-state index in [0.717, 1.165) is 0 Å². The van der Waals surface area contributed by atoms with E-state index in [1.165, 1.54) is 6.08 Å². The molecule has 5 atom stereocenters. The highest BCUT2D eigenvalue weighted by molar-refractivity contribution is 5.97. The Morgan fingerprint density at radius 3 is 2.51 bits per heavy atom. The van der Waals surface area contributed by atoms with E-state index < -0.39 is 30.2 Å². The van der Waals surface area contributed by atoms with E-state index in [1.807, 2.05) is 25.2 Å². The van der Waals surface area contributed by atoms with Gasteiger partial charge in [0.25, 0.3) is 0 Å². The fourth-order valence-electron chi connectivity index (χ4n) is 4.61. The average Bonchev–Trinajstić information content (AvgIpc) is 2.79. The number of aliphatic hydroxyl groups is 1. The molecule has 0 aromatic carbocycles. The minimum absolute atomic E-state index is 0.0524. The summed E-state index contributed by atoms with van der Waals surface area (Å²) in [5.41, 5.74) is 0.685. The highest BCUT2D eigenvalue weighted by Crippen LogP contribution is 2.25. The van der Waals surface area contributed by atoms with E-state index in [9.17, 15) is 24.3 Å². The van der Waals surface area contributed by atoms with Crippen molar-refractivity contribution in [3.8, 4) is 0 Å². The molecular weight excluding hydrogens is 450 g/mol. The molecule has 2 N–H and O–H groups in total. The molecule has 0 unspecified atom stereocenters. The summed E-state index contributed by atoms with van der Waals surface area (Å²) in [6, 6.07) is 0. The Labute approximate surface area is 207 Å². The van der Waals surface area contributed by atoms with Crippen LogP contribution in [0.15, 0.2) is 36.0 Å². The third-order valence-corrected chi connectivity index (χ3v) is 6.67. The number of methoxy groups -OCH3 is 1. The third-order valence-electron chi connectivity index (χ3n) is 6.67. The van der Waals surface area contributed by atoms with Gasteiger partial charge in [0.2, 0.25) is 11.8 Å². The molecule has 0 bridgehead atoms. The van der Waals surface area contributed by atoms with Gasteiger partial charge in [-0.1, -0.05) is 38.2 Å². The van der Waals surface area contributed by atoms with E-state index in [1.54, 1.807) is 27.0 Å². The Kier molecular flexibility index (Phi) is 11.5. The van der Waals surface area contributed by atoms with Gasteiger partial charge in [0.05, 0.1) is 12.0 Å². The quantitative estimate of drug-likeness (QED) is 0.320. The van der Waals surface area contributed by atoms with E-state index >= 15 is 0 Å². The van der Waals surface area contributed by atoms with Crippen molar-refractivity contribution in [3.05, 3.63) is 36.0 Å². The SMILES string of the molecule is CO[C@H]1/C=C/CC/C=C/C(=O)O[C@H]([C@@H](C)C(=O)CCCC2CC(=O)NC(=O)C2)/C(C)=C\[C@H](C)[C@H]1O. The Balaban J connectivity index is 2.11. The Morgan fingerprint density at radius 2 is 1.86 bits per heavy atom. The topological polar surface area (TPSA) is 119 Å². The number of Topliss-reactive ketones (excluding diaryl/α,β-unsaturated/α-hetero) is 1. The van der Waals surface area contributed by atoms with E-state index in [4.69, 9.17) is 9.47 Å². The van der Waals surface area contributed by atoms with Gasteiger partial charge in [0.15, 0.2) is 0 Å². The molecule has 194 valence electrons. The van der Waals surface area contributed by atoms with Crippen LogP contribution in [0.25, 0.3) is 0 Å². The minimum Gasteiger partial charge on any atom is -0.454 e. The number of aliphatic hydroxyl groups excluding tert-OH is 1. The summed E-state index contributed by atoms with van der Waals surface area (Å²) in [5, 5.41) is 13.1. The Bertz CT molecular complexity index is 844. The number of cyclic esters (lactones) is 1. The zero-order valence-electron chi connectivity index (χ0n) is 21.2. The number of imide groups is 1. The maximum Gasteiger partial charge on any atom is 0.331 e. The maximum absolute atomic E-state index is 13.0. The number of piperidine rings is 1. The Hall–Kier alpha value is -2.58. The minimum atomic E-state index is -0.803. The number of amides is 2. The van der Waals surface area contributed by atoms with Crippen LogP contribution < -0.4 is 5.32 Å². The summed E-state index contributed by atoms with van der Waals surface area (Å²) < 4.78 is 11.1. The lowest BCUT2D eigenvalue weighted by Crippen LogP contribution is -2.38. The van der Waals surface area contributed by atoms with Crippen LogP contribution in [0, 0.1) is 17.8 Å². The zero-order valence-corrected chi connectivity index (χ0v) is 21.2. The fourth-order valence-corrected chi connectivity index (χ4v) is 4.61. The van der Waals surface area contributed by atoms with Crippen LogP contribution in [0.2, 0.25) is 0 Å². The van der Waals surface area contributed by atoms with Crippen molar-refractivity contribution in [2.24, 2.45) is 17.8 Å². The number of carbonyl (C=O) groups is 4. The first-order valence-corrected chi connectivity index (χ1v) is 12.4. The van der Waals surface area contributed by atoms with Crippen LogP contribution >= 0.6 is 0 Å². The van der Waals surface area contributed by atoms with Crippen molar-refractivity contribution < 1.29 is 33.8 Å². The van der Waals surface area contributed by atoms with Gasteiger partial charge in [-0.15, -0.1) is 0 Å². The molecule has 0 aromatic heterocycles. The molecule has 8 heteroatoms. The number of hydrogen-bond donors (Lipinski definition) is 2. The first kappa shape index (κ1) is 28.7. The number of carbonyl (C=O) groups excluding carboxylic acids is 4. The molecule has 8 nitrogen and oxygen atoms in total. The second-order valence-electron chi connectivity index (χ2n) is 9.62. The molecule has 0 spiro atoms. The van der Waals surface area contributed by atoms with Gasteiger partial charge in [-0.3, -0.25) is 19.7 Å². The van der Waals surface area contributed by atoms with Crippen LogP contribution in [0.1, 0.15) is 65.7 Å². The lowest BCUT2D eigenvalue weighted by atomic mass is 9.86. The van der Waals surface area contributed by atoms with Crippen molar-refractivity contribution in [1.82, 2.24) is 5.32 Å². The van der Waals surface area contributed by atoms with Crippen molar-refractivity contribution in [1.29, 1.82) is 0 Å². The normalized spacial score (nSPS) is 31.3. The molecule has 2 aliphatic heterocycles. The fraction of sp³-hybridized carbons (Fsp3) is 0.630. The van der Waals surface area contributed by atoms with Crippen LogP contribution in [-0.4, -0.2) is 54.1 Å².